The molecule has 1 heterocycles. The van der Waals surface area contributed by atoms with Crippen molar-refractivity contribution in [3.63, 3.8) is 0 Å². The van der Waals surface area contributed by atoms with Gasteiger partial charge in [-0.1, -0.05) is 13.8 Å². The van der Waals surface area contributed by atoms with Gasteiger partial charge in [0.2, 0.25) is 0 Å². The Labute approximate surface area is 114 Å². The molecule has 0 saturated heterocycles. The third-order valence-corrected chi connectivity index (χ3v) is 3.75. The molecule has 1 aromatic heterocycles. The van der Waals surface area contributed by atoms with Crippen LogP contribution in [0.2, 0.25) is 0 Å². The monoisotopic (exact) mass is 271 g/mol. The Hall–Kier alpha value is -0.650. The van der Waals surface area contributed by atoms with Crippen LogP contribution in [0.25, 0.3) is 0 Å². The molecular weight excluding hydrogens is 246 g/mol. The summed E-state index contributed by atoms with van der Waals surface area (Å²) in [4.78, 5) is 6.80. The first kappa shape index (κ1) is 15.4. The number of nitrogens with zero attached hydrogens (tertiary/aromatic N) is 2. The van der Waals surface area contributed by atoms with Crippen LogP contribution in [0.1, 0.15) is 26.5 Å². The van der Waals surface area contributed by atoms with Gasteiger partial charge in [0.05, 0.1) is 18.3 Å². The van der Waals surface area contributed by atoms with Gasteiger partial charge in [-0.05, 0) is 19.4 Å². The normalized spacial score (nSPS) is 13.0. The first-order valence-electron chi connectivity index (χ1n) is 6.41. The van der Waals surface area contributed by atoms with Crippen molar-refractivity contribution in [1.29, 1.82) is 0 Å². The van der Waals surface area contributed by atoms with Gasteiger partial charge in [0, 0.05) is 26.1 Å². The molecule has 5 heteroatoms. The molecule has 0 radical (unpaired) electrons. The summed E-state index contributed by atoms with van der Waals surface area (Å²) in [6.45, 7) is 9.15. The maximum Gasteiger partial charge on any atom is 0.185 e. The predicted octanol–water partition coefficient (Wildman–Crippen LogP) is 2.36. The molecule has 0 aliphatic carbocycles. The van der Waals surface area contributed by atoms with Gasteiger partial charge >= 0.3 is 0 Å². The second-order valence-corrected chi connectivity index (χ2v) is 5.90. The number of hydrogen-bond donors (Lipinski definition) is 1. The van der Waals surface area contributed by atoms with Crippen LogP contribution in [-0.2, 0) is 11.3 Å². The lowest BCUT2D eigenvalue weighted by Gasteiger charge is -2.23. The van der Waals surface area contributed by atoms with E-state index in [-0.39, 0.29) is 0 Å². The summed E-state index contributed by atoms with van der Waals surface area (Å²) in [6.07, 6.45) is 0. The number of ether oxygens (including phenoxy) is 1. The van der Waals surface area contributed by atoms with Crippen LogP contribution in [0, 0.1) is 5.92 Å². The standard InChI is InChI=1S/C13H25N3OS/c1-10(2)6-14-7-12-9-18-13(15-12)16(4)11(3)8-17-5/h9-11,14H,6-8H2,1-5H3. The highest BCUT2D eigenvalue weighted by Crippen LogP contribution is 2.21. The Balaban J connectivity index is 2.46. The molecule has 0 saturated carbocycles. The zero-order valence-corrected chi connectivity index (χ0v) is 12.9. The Morgan fingerprint density at radius 2 is 2.17 bits per heavy atom. The van der Waals surface area contributed by atoms with E-state index >= 15 is 0 Å². The second kappa shape index (κ2) is 7.71. The lowest BCUT2D eigenvalue weighted by molar-refractivity contribution is 0.183. The maximum atomic E-state index is 5.17. The van der Waals surface area contributed by atoms with Crippen molar-refractivity contribution in [2.75, 3.05) is 32.2 Å². The number of anilines is 1. The molecule has 1 unspecified atom stereocenters. The summed E-state index contributed by atoms with van der Waals surface area (Å²) in [6, 6.07) is 0.345. The smallest absolute Gasteiger partial charge is 0.185 e. The molecule has 18 heavy (non-hydrogen) atoms. The second-order valence-electron chi connectivity index (χ2n) is 5.06. The summed E-state index contributed by atoms with van der Waals surface area (Å²) < 4.78 is 5.17. The fourth-order valence-corrected chi connectivity index (χ4v) is 2.46. The minimum atomic E-state index is 0.345. The lowest BCUT2D eigenvalue weighted by Crippen LogP contribution is -2.32. The largest absolute Gasteiger partial charge is 0.383 e. The summed E-state index contributed by atoms with van der Waals surface area (Å²) in [7, 11) is 3.79. The van der Waals surface area contributed by atoms with Crippen LogP contribution in [0.4, 0.5) is 5.13 Å². The Morgan fingerprint density at radius 3 is 2.78 bits per heavy atom. The van der Waals surface area contributed by atoms with Gasteiger partial charge in [-0.15, -0.1) is 11.3 Å². The molecule has 0 aliphatic rings. The van der Waals surface area contributed by atoms with Gasteiger partial charge in [-0.2, -0.15) is 0 Å². The topological polar surface area (TPSA) is 37.4 Å². The Kier molecular flexibility index (Phi) is 6.60. The van der Waals surface area contributed by atoms with Crippen molar-refractivity contribution in [2.24, 2.45) is 5.92 Å². The van der Waals surface area contributed by atoms with E-state index < -0.39 is 0 Å². The molecule has 0 aromatic carbocycles. The third-order valence-electron chi connectivity index (χ3n) is 2.77. The number of rotatable bonds is 8. The van der Waals surface area contributed by atoms with E-state index in [1.165, 1.54) is 0 Å². The quantitative estimate of drug-likeness (QED) is 0.787. The minimum Gasteiger partial charge on any atom is -0.383 e. The molecule has 1 atom stereocenters. The fourth-order valence-electron chi connectivity index (χ4n) is 1.57. The van der Waals surface area contributed by atoms with Crippen molar-refractivity contribution >= 4 is 16.5 Å². The van der Waals surface area contributed by atoms with Crippen molar-refractivity contribution < 1.29 is 4.74 Å². The van der Waals surface area contributed by atoms with E-state index in [9.17, 15) is 0 Å². The molecule has 0 spiro atoms. The number of likely N-dealkylation sites (N-methyl/N-ethyl adjacent to an activating group) is 1. The van der Waals surface area contributed by atoms with Crippen LogP contribution in [0.15, 0.2) is 5.38 Å². The van der Waals surface area contributed by atoms with Gasteiger partial charge in [0.15, 0.2) is 5.13 Å². The SMILES string of the molecule is COCC(C)N(C)c1nc(CNCC(C)C)cs1. The molecule has 1 N–H and O–H groups in total. The number of nitrogens with one attached hydrogen (secondary N) is 1. The average Bonchev–Trinajstić information content (AvgIpc) is 2.76. The summed E-state index contributed by atoms with van der Waals surface area (Å²) in [5.41, 5.74) is 1.12. The van der Waals surface area contributed by atoms with Crippen molar-refractivity contribution in [3.05, 3.63) is 11.1 Å². The van der Waals surface area contributed by atoms with E-state index in [1.54, 1.807) is 18.4 Å². The van der Waals surface area contributed by atoms with E-state index in [2.05, 4.69) is 48.4 Å². The average molecular weight is 271 g/mol. The lowest BCUT2D eigenvalue weighted by atomic mass is 10.2. The molecule has 0 amide bonds. The van der Waals surface area contributed by atoms with E-state index in [4.69, 9.17) is 4.74 Å². The summed E-state index contributed by atoms with van der Waals surface area (Å²) in [5.74, 6) is 0.674. The third kappa shape index (κ3) is 4.92. The Morgan fingerprint density at radius 1 is 1.44 bits per heavy atom. The van der Waals surface area contributed by atoms with E-state index in [1.807, 2.05) is 0 Å². The van der Waals surface area contributed by atoms with Gasteiger partial charge < -0.3 is 15.0 Å². The van der Waals surface area contributed by atoms with Crippen LogP contribution < -0.4 is 10.2 Å². The minimum absolute atomic E-state index is 0.345. The van der Waals surface area contributed by atoms with Crippen molar-refractivity contribution in [1.82, 2.24) is 10.3 Å². The van der Waals surface area contributed by atoms with E-state index in [0.717, 1.165) is 30.5 Å². The molecule has 1 aromatic rings. The molecule has 104 valence electrons. The van der Waals surface area contributed by atoms with Crippen molar-refractivity contribution in [3.8, 4) is 0 Å². The number of thiazole rings is 1. The summed E-state index contributed by atoms with van der Waals surface area (Å²) >= 11 is 1.69. The van der Waals surface area contributed by atoms with Gasteiger partial charge in [0.1, 0.15) is 0 Å². The summed E-state index contributed by atoms with van der Waals surface area (Å²) in [5, 5.41) is 6.59. The highest BCUT2D eigenvalue weighted by molar-refractivity contribution is 7.13. The Bertz CT molecular complexity index is 341. The molecule has 0 aliphatic heterocycles. The maximum absolute atomic E-state index is 5.17. The first-order valence-corrected chi connectivity index (χ1v) is 7.29. The molecular formula is C13H25N3OS. The molecule has 4 nitrogen and oxygen atoms in total. The van der Waals surface area contributed by atoms with E-state index in [0.29, 0.717) is 12.0 Å². The molecule has 0 fully saturated rings. The molecule has 0 bridgehead atoms. The highest BCUT2D eigenvalue weighted by atomic mass is 32.1. The van der Waals surface area contributed by atoms with Gasteiger partial charge in [-0.25, -0.2) is 4.98 Å². The number of methoxy groups -OCH3 is 1. The van der Waals surface area contributed by atoms with Crippen LogP contribution in [0.5, 0.6) is 0 Å². The van der Waals surface area contributed by atoms with Crippen LogP contribution in [0.3, 0.4) is 0 Å². The van der Waals surface area contributed by atoms with Crippen LogP contribution >= 0.6 is 11.3 Å². The number of aromatic nitrogens is 1. The molecule has 1 rings (SSSR count). The first-order chi connectivity index (χ1) is 8.54. The fraction of sp³-hybridized carbons (Fsp3) is 0.769. The highest BCUT2D eigenvalue weighted by Gasteiger charge is 2.13. The number of hydrogen-bond acceptors (Lipinski definition) is 5. The van der Waals surface area contributed by atoms with Crippen molar-refractivity contribution in [2.45, 2.75) is 33.4 Å². The van der Waals surface area contributed by atoms with Crippen LogP contribution in [-0.4, -0.2) is 38.3 Å². The van der Waals surface area contributed by atoms with Gasteiger partial charge in [-0.3, -0.25) is 0 Å². The zero-order valence-electron chi connectivity index (χ0n) is 12.1. The zero-order chi connectivity index (χ0) is 13.5. The van der Waals surface area contributed by atoms with Gasteiger partial charge in [0.25, 0.3) is 0 Å². The predicted molar refractivity (Wildman–Crippen MR) is 78.4 cm³/mol.